The average Bonchev–Trinajstić information content (AvgIpc) is 3.15. The minimum absolute atomic E-state index is 0.147. The van der Waals surface area contributed by atoms with Crippen LogP contribution in [0.5, 0.6) is 0 Å². The van der Waals surface area contributed by atoms with Gasteiger partial charge in [-0.05, 0) is 61.5 Å². The van der Waals surface area contributed by atoms with Crippen molar-refractivity contribution in [3.05, 3.63) is 71.8 Å². The second kappa shape index (κ2) is 8.78. The lowest BCUT2D eigenvalue weighted by Crippen LogP contribution is -2.59. The van der Waals surface area contributed by atoms with E-state index < -0.39 is 0 Å². The Labute approximate surface area is 187 Å². The highest BCUT2D eigenvalue weighted by Gasteiger charge is 2.55. The second-order valence-corrected chi connectivity index (χ2v) is 10.1. The van der Waals surface area contributed by atoms with Gasteiger partial charge in [0.1, 0.15) is 0 Å². The number of hydrogen-bond donors (Lipinski definition) is 0. The molecule has 0 N–H and O–H groups in total. The van der Waals surface area contributed by atoms with Crippen LogP contribution in [0.15, 0.2) is 60.7 Å². The third-order valence-corrected chi connectivity index (χ3v) is 8.47. The molecule has 5 rings (SSSR count). The summed E-state index contributed by atoms with van der Waals surface area (Å²) in [5.41, 5.74) is 2.93. The van der Waals surface area contributed by atoms with Gasteiger partial charge in [-0.2, -0.15) is 0 Å². The number of hydrogen-bond acceptors (Lipinski definition) is 2. The Morgan fingerprint density at radius 2 is 1.55 bits per heavy atom. The van der Waals surface area contributed by atoms with Crippen LogP contribution in [0.25, 0.3) is 0 Å². The predicted molar refractivity (Wildman–Crippen MR) is 125 cm³/mol. The van der Waals surface area contributed by atoms with Crippen LogP contribution >= 0.6 is 0 Å². The molecule has 0 radical (unpaired) electrons. The molecule has 1 saturated carbocycles. The summed E-state index contributed by atoms with van der Waals surface area (Å²) in [6, 6.07) is 22.4. The monoisotopic (exact) mass is 416 g/mol. The van der Waals surface area contributed by atoms with Gasteiger partial charge in [0.2, 0.25) is 5.91 Å². The van der Waals surface area contributed by atoms with Crippen LogP contribution in [0, 0.1) is 11.8 Å². The van der Waals surface area contributed by atoms with Crippen molar-refractivity contribution in [3.63, 3.8) is 0 Å². The van der Waals surface area contributed by atoms with E-state index in [1.165, 1.54) is 43.2 Å². The Morgan fingerprint density at radius 3 is 2.19 bits per heavy atom. The van der Waals surface area contributed by atoms with E-state index >= 15 is 0 Å². The van der Waals surface area contributed by atoms with Gasteiger partial charge in [0.05, 0.1) is 0 Å². The molecule has 2 aromatic carbocycles. The fourth-order valence-corrected chi connectivity index (χ4v) is 7.10. The van der Waals surface area contributed by atoms with Crippen molar-refractivity contribution in [1.82, 2.24) is 9.80 Å². The predicted octanol–water partition coefficient (Wildman–Crippen LogP) is 5.65. The van der Waals surface area contributed by atoms with E-state index in [0.29, 0.717) is 23.8 Å². The van der Waals surface area contributed by atoms with Crippen LogP contribution in [-0.2, 0) is 17.9 Å². The Kier molecular flexibility index (Phi) is 5.88. The van der Waals surface area contributed by atoms with Crippen molar-refractivity contribution in [2.45, 2.75) is 76.5 Å². The standard InChI is InChI=1S/C28H36N2O/c1-22-25-14-8-15-27(31)30-19-9-17-28(25,30)18-16-26(22)29(20-23-10-4-2-5-11-23)21-24-12-6-3-7-13-24/h2-7,10-13,22,25-26H,8-9,14-21H2,1H3/t22-,25+,26-,28-/m1/s1. The SMILES string of the molecule is C[C@H]1[C@H](N(Cc2ccccc2)Cc2ccccc2)CC[C@@]23CCCN2C(=O)CCC[C@@H]13. The summed E-state index contributed by atoms with van der Waals surface area (Å²) < 4.78 is 0. The molecule has 0 bridgehead atoms. The Bertz CT molecular complexity index is 841. The summed E-state index contributed by atoms with van der Waals surface area (Å²) in [4.78, 5) is 17.9. The molecule has 164 valence electrons. The maximum atomic E-state index is 12.9. The summed E-state index contributed by atoms with van der Waals surface area (Å²) in [6.45, 7) is 5.47. The number of amides is 1. The smallest absolute Gasteiger partial charge is 0.223 e. The zero-order chi connectivity index (χ0) is 21.3. The fourth-order valence-electron chi connectivity index (χ4n) is 7.10. The number of rotatable bonds is 5. The van der Waals surface area contributed by atoms with Gasteiger partial charge in [0, 0.05) is 37.6 Å². The molecule has 1 spiro atoms. The first kappa shape index (κ1) is 20.8. The van der Waals surface area contributed by atoms with E-state index in [0.717, 1.165) is 32.5 Å². The van der Waals surface area contributed by atoms with Crippen molar-refractivity contribution in [3.8, 4) is 0 Å². The highest BCUT2D eigenvalue weighted by Crippen LogP contribution is 2.52. The fraction of sp³-hybridized carbons (Fsp3) is 0.536. The van der Waals surface area contributed by atoms with Gasteiger partial charge >= 0.3 is 0 Å². The van der Waals surface area contributed by atoms with Gasteiger partial charge in [-0.3, -0.25) is 9.69 Å². The molecular formula is C28H36N2O. The number of carbonyl (C=O) groups is 1. The van der Waals surface area contributed by atoms with Crippen LogP contribution in [0.3, 0.4) is 0 Å². The molecule has 2 saturated heterocycles. The van der Waals surface area contributed by atoms with Crippen LogP contribution in [0.4, 0.5) is 0 Å². The van der Waals surface area contributed by atoms with Gasteiger partial charge in [-0.15, -0.1) is 0 Å². The van der Waals surface area contributed by atoms with Crippen LogP contribution < -0.4 is 0 Å². The lowest BCUT2D eigenvalue weighted by atomic mass is 9.62. The van der Waals surface area contributed by atoms with Gasteiger partial charge in [0.25, 0.3) is 0 Å². The molecule has 1 amide bonds. The Morgan fingerprint density at radius 1 is 0.903 bits per heavy atom. The van der Waals surface area contributed by atoms with Crippen molar-refractivity contribution < 1.29 is 4.79 Å². The second-order valence-electron chi connectivity index (χ2n) is 10.1. The largest absolute Gasteiger partial charge is 0.337 e. The van der Waals surface area contributed by atoms with E-state index in [1.807, 2.05) is 0 Å². The molecule has 3 fully saturated rings. The van der Waals surface area contributed by atoms with E-state index in [1.54, 1.807) is 0 Å². The molecule has 2 aromatic rings. The van der Waals surface area contributed by atoms with E-state index in [-0.39, 0.29) is 5.54 Å². The zero-order valence-electron chi connectivity index (χ0n) is 18.9. The minimum atomic E-state index is 0.147. The van der Waals surface area contributed by atoms with E-state index in [2.05, 4.69) is 77.4 Å². The Balaban J connectivity index is 1.43. The quantitative estimate of drug-likeness (QED) is 0.629. The van der Waals surface area contributed by atoms with Crippen LogP contribution in [0.2, 0.25) is 0 Å². The molecule has 1 aliphatic carbocycles. The minimum Gasteiger partial charge on any atom is -0.337 e. The number of benzene rings is 2. The molecule has 31 heavy (non-hydrogen) atoms. The number of carbonyl (C=O) groups excluding carboxylic acids is 1. The van der Waals surface area contributed by atoms with E-state index in [9.17, 15) is 4.79 Å². The van der Waals surface area contributed by atoms with Crippen molar-refractivity contribution in [2.24, 2.45) is 11.8 Å². The maximum Gasteiger partial charge on any atom is 0.223 e. The topological polar surface area (TPSA) is 23.6 Å². The molecule has 3 nitrogen and oxygen atoms in total. The average molecular weight is 417 g/mol. The first-order valence-electron chi connectivity index (χ1n) is 12.3. The van der Waals surface area contributed by atoms with Crippen molar-refractivity contribution in [1.29, 1.82) is 0 Å². The van der Waals surface area contributed by atoms with Gasteiger partial charge in [-0.1, -0.05) is 67.6 Å². The summed E-state index contributed by atoms with van der Waals surface area (Å²) in [5, 5.41) is 0. The normalized spacial score (nSPS) is 30.7. The van der Waals surface area contributed by atoms with Crippen LogP contribution in [-0.4, -0.2) is 33.8 Å². The third-order valence-electron chi connectivity index (χ3n) is 8.47. The van der Waals surface area contributed by atoms with Crippen molar-refractivity contribution >= 4 is 5.91 Å². The highest BCUT2D eigenvalue weighted by molar-refractivity contribution is 5.78. The summed E-state index contributed by atoms with van der Waals surface area (Å²) in [7, 11) is 0. The van der Waals surface area contributed by atoms with Gasteiger partial charge in [0.15, 0.2) is 0 Å². The molecule has 3 heteroatoms. The first-order valence-corrected chi connectivity index (χ1v) is 12.3. The first-order chi connectivity index (χ1) is 15.2. The molecule has 4 atom stereocenters. The summed E-state index contributed by atoms with van der Waals surface area (Å²) in [6.07, 6.45) is 7.82. The molecule has 2 aliphatic heterocycles. The summed E-state index contributed by atoms with van der Waals surface area (Å²) in [5.74, 6) is 1.66. The molecule has 0 unspecified atom stereocenters. The number of nitrogens with zero attached hydrogens (tertiary/aromatic N) is 2. The maximum absolute atomic E-state index is 12.9. The Hall–Kier alpha value is -2.13. The molecule has 0 aromatic heterocycles. The van der Waals surface area contributed by atoms with Crippen LogP contribution in [0.1, 0.15) is 63.0 Å². The lowest BCUT2D eigenvalue weighted by molar-refractivity contribution is -0.139. The zero-order valence-corrected chi connectivity index (χ0v) is 18.9. The molecular weight excluding hydrogens is 380 g/mol. The third kappa shape index (κ3) is 3.93. The summed E-state index contributed by atoms with van der Waals surface area (Å²) >= 11 is 0. The molecule has 3 aliphatic rings. The van der Waals surface area contributed by atoms with Gasteiger partial charge < -0.3 is 4.90 Å². The molecule has 2 heterocycles. The lowest BCUT2D eigenvalue weighted by Gasteiger charge is -2.54. The van der Waals surface area contributed by atoms with Gasteiger partial charge in [-0.25, -0.2) is 0 Å². The van der Waals surface area contributed by atoms with Crippen molar-refractivity contribution in [2.75, 3.05) is 6.54 Å². The van der Waals surface area contributed by atoms with E-state index in [4.69, 9.17) is 0 Å². The highest BCUT2D eigenvalue weighted by atomic mass is 16.2.